The van der Waals surface area contributed by atoms with Crippen LogP contribution in [0.25, 0.3) is 0 Å². The number of carboxylic acids is 1. The van der Waals surface area contributed by atoms with Crippen LogP contribution < -0.4 is 10.1 Å². The lowest BCUT2D eigenvalue weighted by atomic mass is 10.0. The maximum atomic E-state index is 12.6. The summed E-state index contributed by atoms with van der Waals surface area (Å²) < 4.78 is 5.51. The number of para-hydroxylation sites is 1. The van der Waals surface area contributed by atoms with Crippen LogP contribution in [-0.2, 0) is 9.59 Å². The third-order valence-electron chi connectivity index (χ3n) is 3.83. The molecule has 0 aromatic heterocycles. The number of amides is 2. The molecule has 0 spiro atoms. The number of carboxylic acid groups (broad SMARTS) is 1. The van der Waals surface area contributed by atoms with Crippen LogP contribution in [-0.4, -0.2) is 46.5 Å². The zero-order valence-corrected chi connectivity index (χ0v) is 12.8. The molecule has 22 heavy (non-hydrogen) atoms. The van der Waals surface area contributed by atoms with Gasteiger partial charge in [0.2, 0.25) is 0 Å². The third kappa shape index (κ3) is 2.49. The maximum Gasteiger partial charge on any atom is 0.329 e. The SMILES string of the molecule is CC1Oc2c(cccc2C(=O)N(C)C(C)(C)C(=O)O)NC1=O. The number of rotatable bonds is 3. The zero-order chi connectivity index (χ0) is 16.7. The van der Waals surface area contributed by atoms with Gasteiger partial charge in [0.15, 0.2) is 11.9 Å². The molecule has 0 aliphatic carbocycles. The molecule has 1 aliphatic rings. The Bertz CT molecular complexity index is 653. The molecule has 1 atom stereocenters. The van der Waals surface area contributed by atoms with E-state index >= 15 is 0 Å². The van der Waals surface area contributed by atoms with E-state index in [-0.39, 0.29) is 17.2 Å². The fourth-order valence-electron chi connectivity index (χ4n) is 1.97. The summed E-state index contributed by atoms with van der Waals surface area (Å²) in [4.78, 5) is 36.7. The average molecular weight is 306 g/mol. The van der Waals surface area contributed by atoms with Gasteiger partial charge in [-0.1, -0.05) is 6.07 Å². The third-order valence-corrected chi connectivity index (χ3v) is 3.83. The Labute approximate surface area is 127 Å². The smallest absolute Gasteiger partial charge is 0.329 e. The van der Waals surface area contributed by atoms with Gasteiger partial charge in [-0.15, -0.1) is 0 Å². The minimum Gasteiger partial charge on any atom is -0.480 e. The molecule has 7 heteroatoms. The highest BCUT2D eigenvalue weighted by Crippen LogP contribution is 2.34. The molecule has 118 valence electrons. The van der Waals surface area contributed by atoms with Crippen molar-refractivity contribution in [3.63, 3.8) is 0 Å². The van der Waals surface area contributed by atoms with Gasteiger partial charge >= 0.3 is 5.97 Å². The average Bonchev–Trinajstić information content (AvgIpc) is 2.46. The molecule has 1 aliphatic heterocycles. The van der Waals surface area contributed by atoms with Crippen LogP contribution in [0, 0.1) is 0 Å². The molecule has 1 unspecified atom stereocenters. The minimum atomic E-state index is -1.37. The molecule has 1 aromatic carbocycles. The number of nitrogens with zero attached hydrogens (tertiary/aromatic N) is 1. The Kier molecular flexibility index (Phi) is 3.83. The van der Waals surface area contributed by atoms with Crippen molar-refractivity contribution in [3.05, 3.63) is 23.8 Å². The molecule has 0 saturated heterocycles. The van der Waals surface area contributed by atoms with Crippen molar-refractivity contribution in [2.75, 3.05) is 12.4 Å². The Morgan fingerprint density at radius 2 is 2.00 bits per heavy atom. The Hall–Kier alpha value is -2.57. The van der Waals surface area contributed by atoms with Crippen molar-refractivity contribution in [1.29, 1.82) is 0 Å². The monoisotopic (exact) mass is 306 g/mol. The number of nitrogens with one attached hydrogen (secondary N) is 1. The molecule has 0 radical (unpaired) electrons. The number of aliphatic carboxylic acids is 1. The maximum absolute atomic E-state index is 12.6. The zero-order valence-electron chi connectivity index (χ0n) is 12.8. The first-order valence-corrected chi connectivity index (χ1v) is 6.78. The molecular weight excluding hydrogens is 288 g/mol. The summed E-state index contributed by atoms with van der Waals surface area (Å²) in [5.41, 5.74) is -0.764. The van der Waals surface area contributed by atoms with Crippen LogP contribution in [0.15, 0.2) is 18.2 Å². The van der Waals surface area contributed by atoms with E-state index in [1.165, 1.54) is 20.9 Å². The van der Waals surface area contributed by atoms with Crippen molar-refractivity contribution >= 4 is 23.5 Å². The summed E-state index contributed by atoms with van der Waals surface area (Å²) >= 11 is 0. The predicted octanol–water partition coefficient (Wildman–Crippen LogP) is 1.34. The van der Waals surface area contributed by atoms with E-state index in [1.54, 1.807) is 25.1 Å². The number of carbonyl (C=O) groups excluding carboxylic acids is 2. The summed E-state index contributed by atoms with van der Waals surface area (Å²) in [6.07, 6.45) is -0.723. The minimum absolute atomic E-state index is 0.209. The lowest BCUT2D eigenvalue weighted by Crippen LogP contribution is -2.51. The number of ether oxygens (including phenoxy) is 1. The number of fused-ring (bicyclic) bond motifs is 1. The number of carbonyl (C=O) groups is 3. The highest BCUT2D eigenvalue weighted by Gasteiger charge is 2.37. The second kappa shape index (κ2) is 5.32. The molecule has 2 rings (SSSR count). The predicted molar refractivity (Wildman–Crippen MR) is 79.0 cm³/mol. The Morgan fingerprint density at radius 1 is 1.36 bits per heavy atom. The van der Waals surface area contributed by atoms with Gasteiger partial charge in [-0.3, -0.25) is 9.59 Å². The van der Waals surface area contributed by atoms with Crippen molar-refractivity contribution in [1.82, 2.24) is 4.90 Å². The summed E-state index contributed by atoms with van der Waals surface area (Å²) in [5.74, 6) is -1.65. The molecule has 0 fully saturated rings. The van der Waals surface area contributed by atoms with Crippen LogP contribution in [0.2, 0.25) is 0 Å². The molecule has 1 aromatic rings. The van der Waals surface area contributed by atoms with Crippen molar-refractivity contribution < 1.29 is 24.2 Å². The highest BCUT2D eigenvalue weighted by molar-refractivity contribution is 6.05. The summed E-state index contributed by atoms with van der Waals surface area (Å²) in [6, 6.07) is 4.77. The fraction of sp³-hybridized carbons (Fsp3) is 0.400. The van der Waals surface area contributed by atoms with Gasteiger partial charge in [-0.05, 0) is 32.9 Å². The number of likely N-dealkylation sites (N-methyl/N-ethyl adjacent to an activating group) is 1. The van der Waals surface area contributed by atoms with E-state index < -0.39 is 23.5 Å². The first-order chi connectivity index (χ1) is 10.2. The second-order valence-corrected chi connectivity index (χ2v) is 5.66. The number of benzene rings is 1. The van der Waals surface area contributed by atoms with Crippen LogP contribution in [0.5, 0.6) is 5.75 Å². The van der Waals surface area contributed by atoms with E-state index in [0.29, 0.717) is 5.69 Å². The first-order valence-electron chi connectivity index (χ1n) is 6.78. The van der Waals surface area contributed by atoms with Gasteiger partial charge < -0.3 is 20.1 Å². The largest absolute Gasteiger partial charge is 0.480 e. The molecule has 2 amide bonds. The molecule has 1 heterocycles. The van der Waals surface area contributed by atoms with E-state index in [1.807, 2.05) is 0 Å². The van der Waals surface area contributed by atoms with Crippen LogP contribution in [0.4, 0.5) is 5.69 Å². The van der Waals surface area contributed by atoms with Gasteiger partial charge in [0.05, 0.1) is 11.3 Å². The normalized spacial score (nSPS) is 17.1. The van der Waals surface area contributed by atoms with Crippen LogP contribution >= 0.6 is 0 Å². The van der Waals surface area contributed by atoms with Crippen LogP contribution in [0.1, 0.15) is 31.1 Å². The molecular formula is C15H18N2O5. The highest BCUT2D eigenvalue weighted by atomic mass is 16.5. The lowest BCUT2D eigenvalue weighted by Gasteiger charge is -2.33. The number of anilines is 1. The Balaban J connectivity index is 2.42. The van der Waals surface area contributed by atoms with E-state index in [2.05, 4.69) is 5.32 Å². The van der Waals surface area contributed by atoms with Gasteiger partial charge in [-0.25, -0.2) is 4.79 Å². The van der Waals surface area contributed by atoms with Gasteiger partial charge in [0.1, 0.15) is 5.54 Å². The number of hydrogen-bond acceptors (Lipinski definition) is 4. The first kappa shape index (κ1) is 15.8. The standard InChI is InChI=1S/C15H18N2O5/c1-8-12(18)16-10-7-5-6-9(11(10)22-8)13(19)17(4)15(2,3)14(20)21/h5-8H,1-4H3,(H,16,18)(H,20,21). The number of hydrogen-bond donors (Lipinski definition) is 2. The summed E-state index contributed by atoms with van der Waals surface area (Å²) in [7, 11) is 1.42. The van der Waals surface area contributed by atoms with Gasteiger partial charge in [0.25, 0.3) is 11.8 Å². The van der Waals surface area contributed by atoms with E-state index in [4.69, 9.17) is 4.74 Å². The van der Waals surface area contributed by atoms with Gasteiger partial charge in [-0.2, -0.15) is 0 Å². The second-order valence-electron chi connectivity index (χ2n) is 5.66. The summed E-state index contributed by atoms with van der Waals surface area (Å²) in [6.45, 7) is 4.45. The van der Waals surface area contributed by atoms with E-state index in [9.17, 15) is 19.5 Å². The molecule has 7 nitrogen and oxygen atoms in total. The quantitative estimate of drug-likeness (QED) is 0.878. The van der Waals surface area contributed by atoms with Crippen LogP contribution in [0.3, 0.4) is 0 Å². The van der Waals surface area contributed by atoms with Crippen molar-refractivity contribution in [2.45, 2.75) is 32.4 Å². The molecule has 0 bridgehead atoms. The topological polar surface area (TPSA) is 95.9 Å². The van der Waals surface area contributed by atoms with Gasteiger partial charge in [0, 0.05) is 7.05 Å². The fourth-order valence-corrected chi connectivity index (χ4v) is 1.97. The summed E-state index contributed by atoms with van der Waals surface area (Å²) in [5, 5.41) is 11.9. The van der Waals surface area contributed by atoms with E-state index in [0.717, 1.165) is 4.90 Å². The van der Waals surface area contributed by atoms with Crippen molar-refractivity contribution in [2.24, 2.45) is 0 Å². The lowest BCUT2D eigenvalue weighted by molar-refractivity contribution is -0.147. The Morgan fingerprint density at radius 3 is 2.59 bits per heavy atom. The van der Waals surface area contributed by atoms with Crippen molar-refractivity contribution in [3.8, 4) is 5.75 Å². The molecule has 2 N–H and O–H groups in total. The molecule has 0 saturated carbocycles.